The van der Waals surface area contributed by atoms with E-state index in [4.69, 9.17) is 0 Å². The molecule has 24 heavy (non-hydrogen) atoms. The number of fused-ring (bicyclic) bond motifs is 1. The van der Waals surface area contributed by atoms with Gasteiger partial charge in [0.1, 0.15) is 12.4 Å². The highest BCUT2D eigenvalue weighted by Crippen LogP contribution is 2.28. The van der Waals surface area contributed by atoms with Crippen molar-refractivity contribution < 1.29 is 4.79 Å². The van der Waals surface area contributed by atoms with E-state index in [1.165, 1.54) is 0 Å². The van der Waals surface area contributed by atoms with Gasteiger partial charge in [0.25, 0.3) is 0 Å². The first-order valence-electron chi connectivity index (χ1n) is 8.31. The molecule has 0 radical (unpaired) electrons. The number of aromatic nitrogens is 3. The highest BCUT2D eigenvalue weighted by atomic mass is 32.1. The Morgan fingerprint density at radius 3 is 3.08 bits per heavy atom. The van der Waals surface area contributed by atoms with Crippen LogP contribution in [0.15, 0.2) is 35.8 Å². The lowest BCUT2D eigenvalue weighted by Crippen LogP contribution is -2.40. The number of para-hydroxylation sites is 2. The second kappa shape index (κ2) is 6.36. The van der Waals surface area contributed by atoms with Gasteiger partial charge in [0.2, 0.25) is 5.91 Å². The summed E-state index contributed by atoms with van der Waals surface area (Å²) in [5, 5.41) is 3.16. The van der Waals surface area contributed by atoms with Gasteiger partial charge in [0, 0.05) is 30.6 Å². The van der Waals surface area contributed by atoms with Crippen LogP contribution in [0, 0.1) is 6.92 Å². The van der Waals surface area contributed by atoms with Gasteiger partial charge in [-0.3, -0.25) is 4.79 Å². The predicted octanol–water partition coefficient (Wildman–Crippen LogP) is 3.21. The van der Waals surface area contributed by atoms with Gasteiger partial charge in [-0.05, 0) is 31.9 Å². The number of carbonyl (C=O) groups excluding carboxylic acids is 1. The standard InChI is InChI=1S/C18H20N4OS/c1-13-20-15-6-2-3-7-16(15)22(13)12-17(23)21-9-4-5-14(11-21)18-19-8-10-24-18/h2-3,6-8,10,14H,4-5,9,11-12H2,1H3/t14-/m1/s1. The zero-order chi connectivity index (χ0) is 16.5. The van der Waals surface area contributed by atoms with Crippen LogP contribution in [0.5, 0.6) is 0 Å². The summed E-state index contributed by atoms with van der Waals surface area (Å²) >= 11 is 1.69. The number of amides is 1. The summed E-state index contributed by atoms with van der Waals surface area (Å²) in [6, 6.07) is 7.98. The molecule has 3 aromatic rings. The first-order chi connectivity index (χ1) is 11.7. The molecule has 1 aliphatic rings. The van der Waals surface area contributed by atoms with E-state index in [9.17, 15) is 4.79 Å². The van der Waals surface area contributed by atoms with Gasteiger partial charge in [0.15, 0.2) is 0 Å². The number of nitrogens with zero attached hydrogens (tertiary/aromatic N) is 4. The van der Waals surface area contributed by atoms with Gasteiger partial charge in [-0.25, -0.2) is 9.97 Å². The molecule has 1 atom stereocenters. The molecule has 4 rings (SSSR count). The topological polar surface area (TPSA) is 51.0 Å². The molecule has 2 aromatic heterocycles. The summed E-state index contributed by atoms with van der Waals surface area (Å²) in [6.07, 6.45) is 4.01. The lowest BCUT2D eigenvalue weighted by Gasteiger charge is -2.32. The molecular weight excluding hydrogens is 320 g/mol. The number of aryl methyl sites for hydroxylation is 1. The molecule has 0 unspecified atom stereocenters. The molecule has 5 nitrogen and oxygen atoms in total. The van der Waals surface area contributed by atoms with Gasteiger partial charge in [-0.2, -0.15) is 0 Å². The summed E-state index contributed by atoms with van der Waals surface area (Å²) in [5.41, 5.74) is 1.97. The van der Waals surface area contributed by atoms with E-state index in [0.717, 1.165) is 47.8 Å². The summed E-state index contributed by atoms with van der Waals surface area (Å²) in [7, 11) is 0. The fraction of sp³-hybridized carbons (Fsp3) is 0.389. The molecule has 0 bridgehead atoms. The van der Waals surface area contributed by atoms with Gasteiger partial charge < -0.3 is 9.47 Å². The van der Waals surface area contributed by atoms with Crippen molar-refractivity contribution in [1.29, 1.82) is 0 Å². The number of imidazole rings is 1. The average molecular weight is 340 g/mol. The number of carbonyl (C=O) groups is 1. The first-order valence-corrected chi connectivity index (χ1v) is 9.19. The van der Waals surface area contributed by atoms with Crippen molar-refractivity contribution in [2.75, 3.05) is 13.1 Å². The SMILES string of the molecule is Cc1nc2ccccc2n1CC(=O)N1CCC[C@@H](c2nccs2)C1. The van der Waals surface area contributed by atoms with Crippen molar-refractivity contribution in [1.82, 2.24) is 19.4 Å². The van der Waals surface area contributed by atoms with Gasteiger partial charge in [0.05, 0.1) is 16.0 Å². The molecule has 0 spiro atoms. The molecule has 1 aromatic carbocycles. The van der Waals surface area contributed by atoms with Crippen molar-refractivity contribution in [3.63, 3.8) is 0 Å². The highest BCUT2D eigenvalue weighted by Gasteiger charge is 2.26. The lowest BCUT2D eigenvalue weighted by molar-refractivity contribution is -0.133. The Labute approximate surface area is 145 Å². The van der Waals surface area contributed by atoms with E-state index in [-0.39, 0.29) is 5.91 Å². The summed E-state index contributed by atoms with van der Waals surface area (Å²) in [5.74, 6) is 1.43. The van der Waals surface area contributed by atoms with Crippen molar-refractivity contribution in [2.45, 2.75) is 32.2 Å². The number of rotatable bonds is 3. The lowest BCUT2D eigenvalue weighted by atomic mass is 9.98. The molecule has 0 N–H and O–H groups in total. The quantitative estimate of drug-likeness (QED) is 0.736. The van der Waals surface area contributed by atoms with Crippen LogP contribution >= 0.6 is 11.3 Å². The van der Waals surface area contributed by atoms with Crippen LogP contribution in [0.2, 0.25) is 0 Å². The van der Waals surface area contributed by atoms with E-state index >= 15 is 0 Å². The molecule has 6 heteroatoms. The number of hydrogen-bond acceptors (Lipinski definition) is 4. The maximum atomic E-state index is 12.8. The predicted molar refractivity (Wildman–Crippen MR) is 95.1 cm³/mol. The molecular formula is C18H20N4OS. The van der Waals surface area contributed by atoms with Crippen molar-refractivity contribution in [2.24, 2.45) is 0 Å². The van der Waals surface area contributed by atoms with E-state index in [0.29, 0.717) is 12.5 Å². The first kappa shape index (κ1) is 15.3. The summed E-state index contributed by atoms with van der Waals surface area (Å²) < 4.78 is 2.02. The smallest absolute Gasteiger partial charge is 0.242 e. The van der Waals surface area contributed by atoms with E-state index in [2.05, 4.69) is 9.97 Å². The number of thiazole rings is 1. The third-order valence-electron chi connectivity index (χ3n) is 4.71. The summed E-state index contributed by atoms with van der Waals surface area (Å²) in [6.45, 7) is 3.93. The van der Waals surface area contributed by atoms with Crippen LogP contribution in [-0.2, 0) is 11.3 Å². The number of likely N-dealkylation sites (tertiary alicyclic amines) is 1. The van der Waals surface area contributed by atoms with Crippen molar-refractivity contribution in [3.8, 4) is 0 Å². The molecule has 0 saturated carbocycles. The number of piperidine rings is 1. The molecule has 0 aliphatic carbocycles. The fourth-order valence-electron chi connectivity index (χ4n) is 3.47. The fourth-order valence-corrected chi connectivity index (χ4v) is 4.24. The Kier molecular flexibility index (Phi) is 4.06. The van der Waals surface area contributed by atoms with Crippen LogP contribution in [0.25, 0.3) is 11.0 Å². The van der Waals surface area contributed by atoms with Gasteiger partial charge in [-0.15, -0.1) is 11.3 Å². The van der Waals surface area contributed by atoms with Crippen LogP contribution in [-0.4, -0.2) is 38.4 Å². The molecule has 1 fully saturated rings. The Balaban J connectivity index is 1.52. The maximum absolute atomic E-state index is 12.8. The average Bonchev–Trinajstić information content (AvgIpc) is 3.24. The number of benzene rings is 1. The maximum Gasteiger partial charge on any atom is 0.242 e. The zero-order valence-electron chi connectivity index (χ0n) is 13.7. The minimum absolute atomic E-state index is 0.169. The minimum atomic E-state index is 0.169. The largest absolute Gasteiger partial charge is 0.340 e. The van der Waals surface area contributed by atoms with E-state index < -0.39 is 0 Å². The van der Waals surface area contributed by atoms with Gasteiger partial charge >= 0.3 is 0 Å². The Hall–Kier alpha value is -2.21. The second-order valence-corrected chi connectivity index (χ2v) is 7.21. The summed E-state index contributed by atoms with van der Waals surface area (Å²) in [4.78, 5) is 23.8. The van der Waals surface area contributed by atoms with Crippen LogP contribution in [0.4, 0.5) is 0 Å². The normalized spacial score (nSPS) is 18.2. The zero-order valence-corrected chi connectivity index (χ0v) is 14.5. The van der Waals surface area contributed by atoms with Crippen molar-refractivity contribution in [3.05, 3.63) is 46.7 Å². The van der Waals surface area contributed by atoms with E-state index in [1.54, 1.807) is 11.3 Å². The van der Waals surface area contributed by atoms with Crippen molar-refractivity contribution >= 4 is 28.3 Å². The molecule has 3 heterocycles. The highest BCUT2D eigenvalue weighted by molar-refractivity contribution is 7.09. The Morgan fingerprint density at radius 1 is 1.38 bits per heavy atom. The van der Waals surface area contributed by atoms with Gasteiger partial charge in [-0.1, -0.05) is 12.1 Å². The third-order valence-corrected chi connectivity index (χ3v) is 5.65. The monoisotopic (exact) mass is 340 g/mol. The van der Waals surface area contributed by atoms with Crippen LogP contribution in [0.3, 0.4) is 0 Å². The number of hydrogen-bond donors (Lipinski definition) is 0. The van der Waals surface area contributed by atoms with Crippen LogP contribution in [0.1, 0.15) is 29.6 Å². The Bertz CT molecular complexity index is 855. The molecule has 124 valence electrons. The molecule has 1 amide bonds. The van der Waals surface area contributed by atoms with E-state index in [1.807, 2.05) is 52.2 Å². The minimum Gasteiger partial charge on any atom is -0.340 e. The molecule has 1 saturated heterocycles. The third kappa shape index (κ3) is 2.82. The van der Waals surface area contributed by atoms with Crippen LogP contribution < -0.4 is 0 Å². The second-order valence-electron chi connectivity index (χ2n) is 6.28. The Morgan fingerprint density at radius 2 is 2.25 bits per heavy atom. The molecule has 1 aliphatic heterocycles.